The minimum absolute atomic E-state index is 0.135. The van der Waals surface area contributed by atoms with Gasteiger partial charge in [-0.1, -0.05) is 42.5 Å². The molecular weight excluding hydrogens is 370 g/mol. The van der Waals surface area contributed by atoms with Crippen LogP contribution in [0.3, 0.4) is 0 Å². The zero-order chi connectivity index (χ0) is 20.0. The molecule has 5 rings (SSSR count). The van der Waals surface area contributed by atoms with Crippen LogP contribution in [0.1, 0.15) is 33.2 Å². The van der Waals surface area contributed by atoms with Crippen molar-refractivity contribution in [2.45, 2.75) is 12.5 Å². The zero-order valence-electron chi connectivity index (χ0n) is 15.5. The molecule has 3 aromatic carbocycles. The molecular formula is C24H18F2N2O. The van der Waals surface area contributed by atoms with Crippen molar-refractivity contribution in [3.05, 3.63) is 107 Å². The van der Waals surface area contributed by atoms with Gasteiger partial charge in [-0.3, -0.25) is 4.79 Å². The van der Waals surface area contributed by atoms with E-state index in [0.29, 0.717) is 24.1 Å². The fourth-order valence-electron chi connectivity index (χ4n) is 4.24. The quantitative estimate of drug-likeness (QED) is 0.501. The van der Waals surface area contributed by atoms with E-state index >= 15 is 0 Å². The second-order valence-corrected chi connectivity index (χ2v) is 7.25. The molecule has 1 N–H and O–H groups in total. The number of para-hydroxylation sites is 1. The Kier molecular flexibility index (Phi) is 4.16. The van der Waals surface area contributed by atoms with Gasteiger partial charge in [-0.15, -0.1) is 0 Å². The number of fused-ring (bicyclic) bond motifs is 3. The van der Waals surface area contributed by atoms with E-state index in [1.54, 1.807) is 23.1 Å². The lowest BCUT2D eigenvalue weighted by atomic mass is 9.91. The van der Waals surface area contributed by atoms with Crippen LogP contribution in [0, 0.1) is 11.6 Å². The Labute approximate surface area is 166 Å². The van der Waals surface area contributed by atoms with Gasteiger partial charge in [0.2, 0.25) is 0 Å². The Morgan fingerprint density at radius 3 is 2.48 bits per heavy atom. The molecule has 29 heavy (non-hydrogen) atoms. The number of hydrogen-bond acceptors (Lipinski definition) is 1. The largest absolute Gasteiger partial charge is 0.356 e. The highest BCUT2D eigenvalue weighted by molar-refractivity contribution is 5.95. The summed E-state index contributed by atoms with van der Waals surface area (Å²) in [6.07, 6.45) is 0.693. The van der Waals surface area contributed by atoms with E-state index in [1.165, 1.54) is 6.07 Å². The molecule has 0 saturated heterocycles. The number of aromatic amines is 1. The molecule has 1 unspecified atom stereocenters. The topological polar surface area (TPSA) is 36.1 Å². The maximum Gasteiger partial charge on any atom is 0.254 e. The summed E-state index contributed by atoms with van der Waals surface area (Å²) in [5, 5.41) is 1.10. The SMILES string of the molecule is O=C(c1ccccc1)N1CCc2c([nH]c3ccccc23)C1c1ccc(F)c(F)c1. The van der Waals surface area contributed by atoms with E-state index in [-0.39, 0.29) is 5.91 Å². The lowest BCUT2D eigenvalue weighted by molar-refractivity contribution is 0.0691. The fraction of sp³-hybridized carbons (Fsp3) is 0.125. The van der Waals surface area contributed by atoms with Gasteiger partial charge < -0.3 is 9.88 Å². The van der Waals surface area contributed by atoms with Crippen LogP contribution in [0.25, 0.3) is 10.9 Å². The van der Waals surface area contributed by atoms with Crippen LogP contribution in [0.5, 0.6) is 0 Å². The number of carbonyl (C=O) groups excluding carboxylic acids is 1. The van der Waals surface area contributed by atoms with Crippen molar-refractivity contribution >= 4 is 16.8 Å². The zero-order valence-corrected chi connectivity index (χ0v) is 15.5. The number of nitrogens with zero attached hydrogens (tertiary/aromatic N) is 1. The van der Waals surface area contributed by atoms with Crippen molar-refractivity contribution in [3.8, 4) is 0 Å². The molecule has 0 saturated carbocycles. The summed E-state index contributed by atoms with van der Waals surface area (Å²) < 4.78 is 27.7. The Bertz CT molecular complexity index is 1220. The van der Waals surface area contributed by atoms with Crippen molar-refractivity contribution in [2.24, 2.45) is 0 Å². The highest BCUT2D eigenvalue weighted by Gasteiger charge is 2.35. The molecule has 0 bridgehead atoms. The van der Waals surface area contributed by atoms with E-state index in [0.717, 1.165) is 28.2 Å². The Hall–Kier alpha value is -3.47. The minimum atomic E-state index is -0.919. The van der Waals surface area contributed by atoms with Gasteiger partial charge in [0.15, 0.2) is 11.6 Å². The van der Waals surface area contributed by atoms with Gasteiger partial charge in [-0.25, -0.2) is 8.78 Å². The summed E-state index contributed by atoms with van der Waals surface area (Å²) in [6.45, 7) is 0.492. The number of rotatable bonds is 2. The lowest BCUT2D eigenvalue weighted by Crippen LogP contribution is -2.40. The van der Waals surface area contributed by atoms with E-state index in [1.807, 2.05) is 42.5 Å². The van der Waals surface area contributed by atoms with Crippen LogP contribution in [0.2, 0.25) is 0 Å². The van der Waals surface area contributed by atoms with Gasteiger partial charge in [0.1, 0.15) is 0 Å². The number of hydrogen-bond donors (Lipinski definition) is 1. The average Bonchev–Trinajstić information content (AvgIpc) is 3.14. The third-order valence-electron chi connectivity index (χ3n) is 5.58. The minimum Gasteiger partial charge on any atom is -0.356 e. The molecule has 2 heterocycles. The molecule has 1 amide bonds. The first-order valence-corrected chi connectivity index (χ1v) is 9.54. The summed E-state index contributed by atoms with van der Waals surface area (Å²) in [6, 6.07) is 20.3. The summed E-state index contributed by atoms with van der Waals surface area (Å²) in [4.78, 5) is 18.5. The summed E-state index contributed by atoms with van der Waals surface area (Å²) in [5.41, 5.74) is 4.06. The molecule has 0 spiro atoms. The van der Waals surface area contributed by atoms with Gasteiger partial charge in [0.25, 0.3) is 5.91 Å². The van der Waals surface area contributed by atoms with Crippen LogP contribution in [-0.4, -0.2) is 22.3 Å². The van der Waals surface area contributed by atoms with Gasteiger partial charge in [0, 0.05) is 28.7 Å². The first kappa shape index (κ1) is 17.6. The first-order chi connectivity index (χ1) is 14.1. The number of nitrogens with one attached hydrogen (secondary N) is 1. The van der Waals surface area contributed by atoms with Crippen molar-refractivity contribution < 1.29 is 13.6 Å². The highest BCUT2D eigenvalue weighted by Crippen LogP contribution is 2.39. The van der Waals surface area contributed by atoms with E-state index in [4.69, 9.17) is 0 Å². The predicted molar refractivity (Wildman–Crippen MR) is 108 cm³/mol. The molecule has 0 aliphatic carbocycles. The predicted octanol–water partition coefficient (Wildman–Crippen LogP) is 5.23. The standard InChI is InChI=1S/C24H18F2N2O/c25-19-11-10-16(14-20(19)26)23-22-18(17-8-4-5-9-21(17)27-22)12-13-28(23)24(29)15-6-2-1-3-7-15/h1-11,14,23,27H,12-13H2. The number of benzene rings is 3. The van der Waals surface area contributed by atoms with Crippen LogP contribution in [-0.2, 0) is 6.42 Å². The van der Waals surface area contributed by atoms with Crippen LogP contribution in [0.4, 0.5) is 8.78 Å². The number of amides is 1. The summed E-state index contributed by atoms with van der Waals surface area (Å²) in [7, 11) is 0. The number of halogens is 2. The Balaban J connectivity index is 1.69. The smallest absolute Gasteiger partial charge is 0.254 e. The molecule has 1 aliphatic rings. The van der Waals surface area contributed by atoms with E-state index in [2.05, 4.69) is 4.98 Å². The molecule has 144 valence electrons. The maximum atomic E-state index is 14.1. The molecule has 3 nitrogen and oxygen atoms in total. The average molecular weight is 388 g/mol. The summed E-state index contributed by atoms with van der Waals surface area (Å²) in [5.74, 6) is -1.95. The molecule has 1 aliphatic heterocycles. The monoisotopic (exact) mass is 388 g/mol. The van der Waals surface area contributed by atoms with Gasteiger partial charge >= 0.3 is 0 Å². The van der Waals surface area contributed by atoms with Crippen LogP contribution in [0.15, 0.2) is 72.8 Å². The fourth-order valence-corrected chi connectivity index (χ4v) is 4.24. The second kappa shape index (κ2) is 6.85. The van der Waals surface area contributed by atoms with E-state index < -0.39 is 17.7 Å². The van der Waals surface area contributed by atoms with Crippen LogP contribution >= 0.6 is 0 Å². The van der Waals surface area contributed by atoms with Gasteiger partial charge in [-0.2, -0.15) is 0 Å². The Morgan fingerprint density at radius 2 is 1.69 bits per heavy atom. The van der Waals surface area contributed by atoms with Crippen molar-refractivity contribution in [3.63, 3.8) is 0 Å². The lowest BCUT2D eigenvalue weighted by Gasteiger charge is -2.36. The van der Waals surface area contributed by atoms with Gasteiger partial charge in [0.05, 0.1) is 6.04 Å². The summed E-state index contributed by atoms with van der Waals surface area (Å²) >= 11 is 0. The third-order valence-corrected chi connectivity index (χ3v) is 5.58. The van der Waals surface area contributed by atoms with Crippen molar-refractivity contribution in [1.82, 2.24) is 9.88 Å². The van der Waals surface area contributed by atoms with Crippen molar-refractivity contribution in [1.29, 1.82) is 0 Å². The molecule has 0 fully saturated rings. The number of aromatic nitrogens is 1. The molecule has 0 radical (unpaired) electrons. The molecule has 1 atom stereocenters. The van der Waals surface area contributed by atoms with Crippen LogP contribution < -0.4 is 0 Å². The van der Waals surface area contributed by atoms with Crippen molar-refractivity contribution in [2.75, 3.05) is 6.54 Å². The first-order valence-electron chi connectivity index (χ1n) is 9.54. The second-order valence-electron chi connectivity index (χ2n) is 7.25. The van der Waals surface area contributed by atoms with E-state index in [9.17, 15) is 13.6 Å². The number of H-pyrrole nitrogens is 1. The Morgan fingerprint density at radius 1 is 0.931 bits per heavy atom. The maximum absolute atomic E-state index is 14.1. The van der Waals surface area contributed by atoms with Gasteiger partial charge in [-0.05, 0) is 47.9 Å². The molecule has 5 heteroatoms. The molecule has 4 aromatic rings. The third kappa shape index (κ3) is 2.90. The molecule has 1 aromatic heterocycles. The number of carbonyl (C=O) groups is 1. The normalized spacial score (nSPS) is 16.1. The highest BCUT2D eigenvalue weighted by atomic mass is 19.2.